The van der Waals surface area contributed by atoms with E-state index in [2.05, 4.69) is 26.8 Å². The second-order valence-corrected chi connectivity index (χ2v) is 6.16. The third-order valence-corrected chi connectivity index (χ3v) is 4.98. The number of hydrogen-bond acceptors (Lipinski definition) is 2. The highest BCUT2D eigenvalue weighted by Crippen LogP contribution is 2.49. The molecule has 0 amide bonds. The Hall–Kier alpha value is -1.28. The number of phenolic OH excluding ortho intramolecular Hbond substituents is 1. The summed E-state index contributed by atoms with van der Waals surface area (Å²) in [5, 5.41) is 9.42. The standard InChI is InChI=1S/C17H22O2/c1-10-8-11(2)16-12(3)15(10)9-19-17(16)13-4-6-14(18)7-5-13/h4-8,10,12,15-18H,9H2,1-3H3/t10-,12+,15-,16+,17+/m0/s1. The van der Waals surface area contributed by atoms with E-state index in [1.54, 1.807) is 12.1 Å². The van der Waals surface area contributed by atoms with E-state index in [0.29, 0.717) is 29.4 Å². The summed E-state index contributed by atoms with van der Waals surface area (Å²) in [4.78, 5) is 0. The van der Waals surface area contributed by atoms with E-state index >= 15 is 0 Å². The van der Waals surface area contributed by atoms with Crippen molar-refractivity contribution < 1.29 is 9.84 Å². The van der Waals surface area contributed by atoms with Gasteiger partial charge in [0, 0.05) is 5.92 Å². The number of fused-ring (bicyclic) bond motifs is 2. The van der Waals surface area contributed by atoms with Crippen molar-refractivity contribution in [2.75, 3.05) is 6.61 Å². The fourth-order valence-corrected chi connectivity index (χ4v) is 3.91. The van der Waals surface area contributed by atoms with Gasteiger partial charge in [0.05, 0.1) is 12.7 Å². The molecule has 1 saturated heterocycles. The van der Waals surface area contributed by atoms with Crippen molar-refractivity contribution >= 4 is 0 Å². The zero-order valence-corrected chi connectivity index (χ0v) is 11.8. The SMILES string of the molecule is CC1=C[C@H](C)[C@@H]2CO[C@H](c3ccc(O)cc3)[C@H]1[C@@H]2C. The van der Waals surface area contributed by atoms with Crippen molar-refractivity contribution in [3.8, 4) is 5.75 Å². The molecule has 2 aliphatic rings. The highest BCUT2D eigenvalue weighted by Gasteiger charge is 2.43. The molecule has 1 fully saturated rings. The maximum atomic E-state index is 9.42. The van der Waals surface area contributed by atoms with Crippen molar-refractivity contribution in [3.63, 3.8) is 0 Å². The van der Waals surface area contributed by atoms with Crippen LogP contribution in [0.5, 0.6) is 5.75 Å². The van der Waals surface area contributed by atoms with Gasteiger partial charge in [0.15, 0.2) is 0 Å². The van der Waals surface area contributed by atoms with Crippen LogP contribution in [0.15, 0.2) is 35.9 Å². The molecule has 0 saturated carbocycles. The van der Waals surface area contributed by atoms with Crippen LogP contribution in [-0.2, 0) is 4.74 Å². The number of rotatable bonds is 1. The van der Waals surface area contributed by atoms with E-state index in [1.807, 2.05) is 12.1 Å². The number of hydrogen-bond donors (Lipinski definition) is 1. The molecule has 1 aromatic carbocycles. The molecule has 102 valence electrons. The molecule has 1 aliphatic heterocycles. The summed E-state index contributed by atoms with van der Waals surface area (Å²) >= 11 is 0. The van der Waals surface area contributed by atoms with Crippen molar-refractivity contribution in [3.05, 3.63) is 41.5 Å². The highest BCUT2D eigenvalue weighted by atomic mass is 16.5. The third-order valence-electron chi connectivity index (χ3n) is 4.98. The van der Waals surface area contributed by atoms with Gasteiger partial charge in [0.1, 0.15) is 5.75 Å². The zero-order chi connectivity index (χ0) is 13.6. The fraction of sp³-hybridized carbons (Fsp3) is 0.529. The summed E-state index contributed by atoms with van der Waals surface area (Å²) in [7, 11) is 0. The number of phenols is 1. The van der Waals surface area contributed by atoms with Gasteiger partial charge in [-0.15, -0.1) is 0 Å². The Bertz CT molecular complexity index is 488. The van der Waals surface area contributed by atoms with E-state index < -0.39 is 0 Å². The lowest BCUT2D eigenvalue weighted by Crippen LogP contribution is -2.42. The molecule has 19 heavy (non-hydrogen) atoms. The van der Waals surface area contributed by atoms with Crippen molar-refractivity contribution in [2.24, 2.45) is 23.7 Å². The van der Waals surface area contributed by atoms with Gasteiger partial charge in [0.2, 0.25) is 0 Å². The van der Waals surface area contributed by atoms with Gasteiger partial charge in [-0.25, -0.2) is 0 Å². The van der Waals surface area contributed by atoms with Gasteiger partial charge in [-0.2, -0.15) is 0 Å². The molecule has 0 aromatic heterocycles. The Morgan fingerprint density at radius 3 is 2.53 bits per heavy atom. The van der Waals surface area contributed by atoms with E-state index in [4.69, 9.17) is 4.74 Å². The molecule has 2 bridgehead atoms. The molecule has 2 nitrogen and oxygen atoms in total. The molecule has 5 atom stereocenters. The Kier molecular flexibility index (Phi) is 3.14. The molecule has 0 spiro atoms. The van der Waals surface area contributed by atoms with E-state index in [0.717, 1.165) is 6.61 Å². The first-order chi connectivity index (χ1) is 9.08. The number of ether oxygens (including phenoxy) is 1. The summed E-state index contributed by atoms with van der Waals surface area (Å²) in [5.41, 5.74) is 2.63. The summed E-state index contributed by atoms with van der Waals surface area (Å²) in [6.45, 7) is 7.73. The smallest absolute Gasteiger partial charge is 0.115 e. The predicted molar refractivity (Wildman–Crippen MR) is 75.9 cm³/mol. The van der Waals surface area contributed by atoms with Crippen molar-refractivity contribution in [2.45, 2.75) is 26.9 Å². The number of benzene rings is 1. The molecule has 1 aromatic rings. The third kappa shape index (κ3) is 2.08. The first kappa shape index (κ1) is 12.7. The van der Waals surface area contributed by atoms with Crippen LogP contribution in [0, 0.1) is 23.7 Å². The van der Waals surface area contributed by atoms with Gasteiger partial charge < -0.3 is 9.84 Å². The van der Waals surface area contributed by atoms with Crippen molar-refractivity contribution in [1.82, 2.24) is 0 Å². The van der Waals surface area contributed by atoms with E-state index in [1.165, 1.54) is 11.1 Å². The summed E-state index contributed by atoms with van der Waals surface area (Å²) in [6.07, 6.45) is 2.56. The van der Waals surface area contributed by atoms with Gasteiger partial charge >= 0.3 is 0 Å². The molecular weight excluding hydrogens is 236 g/mol. The first-order valence-electron chi connectivity index (χ1n) is 7.16. The fourth-order valence-electron chi connectivity index (χ4n) is 3.91. The van der Waals surface area contributed by atoms with Crippen molar-refractivity contribution in [1.29, 1.82) is 0 Å². The van der Waals surface area contributed by atoms with E-state index in [-0.39, 0.29) is 6.10 Å². The maximum Gasteiger partial charge on any atom is 0.115 e. The monoisotopic (exact) mass is 258 g/mol. The Labute approximate surface area is 115 Å². The molecule has 3 rings (SSSR count). The first-order valence-corrected chi connectivity index (χ1v) is 7.16. The summed E-state index contributed by atoms with van der Waals surface area (Å²) < 4.78 is 6.16. The molecule has 1 N–H and O–H groups in total. The molecule has 1 aliphatic carbocycles. The summed E-state index contributed by atoms with van der Waals surface area (Å²) in [6, 6.07) is 7.47. The lowest BCUT2D eigenvalue weighted by molar-refractivity contribution is -0.0934. The molecule has 1 heterocycles. The maximum absolute atomic E-state index is 9.42. The highest BCUT2D eigenvalue weighted by molar-refractivity contribution is 5.30. The van der Waals surface area contributed by atoms with Gasteiger partial charge in [-0.3, -0.25) is 0 Å². The second-order valence-electron chi connectivity index (χ2n) is 6.16. The van der Waals surface area contributed by atoms with Crippen LogP contribution in [0.1, 0.15) is 32.4 Å². The summed E-state index contributed by atoms with van der Waals surface area (Å²) in [5.74, 6) is 2.70. The van der Waals surface area contributed by atoms with Gasteiger partial charge in [-0.05, 0) is 42.4 Å². The minimum absolute atomic E-state index is 0.135. The lowest BCUT2D eigenvalue weighted by atomic mass is 9.64. The van der Waals surface area contributed by atoms with Crippen LogP contribution >= 0.6 is 0 Å². The van der Waals surface area contributed by atoms with Crippen LogP contribution in [-0.4, -0.2) is 11.7 Å². The molecule has 2 heteroatoms. The van der Waals surface area contributed by atoms with Crippen LogP contribution in [0.4, 0.5) is 0 Å². The number of allylic oxidation sites excluding steroid dienone is 1. The minimum Gasteiger partial charge on any atom is -0.508 e. The Morgan fingerprint density at radius 1 is 1.16 bits per heavy atom. The van der Waals surface area contributed by atoms with Gasteiger partial charge in [-0.1, -0.05) is 37.6 Å². The predicted octanol–water partition coefficient (Wildman–Crippen LogP) is 3.93. The van der Waals surface area contributed by atoms with Crippen LogP contribution < -0.4 is 0 Å². The van der Waals surface area contributed by atoms with Crippen LogP contribution in [0.25, 0.3) is 0 Å². The molecular formula is C17H22O2. The topological polar surface area (TPSA) is 29.5 Å². The Morgan fingerprint density at radius 2 is 1.84 bits per heavy atom. The average Bonchev–Trinajstić information content (AvgIpc) is 2.37. The molecule has 0 unspecified atom stereocenters. The zero-order valence-electron chi connectivity index (χ0n) is 11.8. The second kappa shape index (κ2) is 4.68. The van der Waals surface area contributed by atoms with Crippen LogP contribution in [0.2, 0.25) is 0 Å². The number of aromatic hydroxyl groups is 1. The normalized spacial score (nSPS) is 37.8. The largest absolute Gasteiger partial charge is 0.508 e. The van der Waals surface area contributed by atoms with Gasteiger partial charge in [0.25, 0.3) is 0 Å². The van der Waals surface area contributed by atoms with E-state index in [9.17, 15) is 5.11 Å². The molecule has 0 radical (unpaired) electrons. The van der Waals surface area contributed by atoms with Crippen LogP contribution in [0.3, 0.4) is 0 Å². The average molecular weight is 258 g/mol. The lowest BCUT2D eigenvalue weighted by Gasteiger charge is -2.47. The quantitative estimate of drug-likeness (QED) is 0.773. The Balaban J connectivity index is 1.96. The minimum atomic E-state index is 0.135.